The Morgan fingerprint density at radius 1 is 1.26 bits per heavy atom. The molecule has 6 heteroatoms. The van der Waals surface area contributed by atoms with Gasteiger partial charge in [0.25, 0.3) is 0 Å². The zero-order chi connectivity index (χ0) is 19.2. The second-order valence-electron chi connectivity index (χ2n) is 6.39. The number of alkyl halides is 1. The topological polar surface area (TPSA) is 52.5 Å². The Morgan fingerprint density at radius 2 is 2.04 bits per heavy atom. The van der Waals surface area contributed by atoms with Crippen molar-refractivity contribution < 1.29 is 9.13 Å². The summed E-state index contributed by atoms with van der Waals surface area (Å²) in [6.45, 7) is 1.82. The average molecular weight is 363 g/mol. The molecule has 1 aromatic carbocycles. The van der Waals surface area contributed by atoms with Gasteiger partial charge >= 0.3 is 0 Å². The van der Waals surface area contributed by atoms with E-state index in [4.69, 9.17) is 15.5 Å². The molecule has 138 valence electrons. The number of aromatic nitrogens is 1. The van der Waals surface area contributed by atoms with Crippen LogP contribution < -0.4 is 10.5 Å². The fourth-order valence-corrected chi connectivity index (χ4v) is 3.14. The van der Waals surface area contributed by atoms with Crippen LogP contribution in [0.3, 0.4) is 0 Å². The molecule has 0 atom stereocenters. The molecule has 1 aromatic heterocycles. The molecular formula is C21H23BFN3O. The molecule has 3 rings (SSSR count). The molecule has 0 unspecified atom stereocenters. The molecule has 0 fully saturated rings. The Balaban J connectivity index is 1.86. The average Bonchev–Trinajstić information content (AvgIpc) is 3.25. The summed E-state index contributed by atoms with van der Waals surface area (Å²) in [4.78, 5) is 4.82. The minimum Gasteiger partial charge on any atom is -0.463 e. The zero-order valence-corrected chi connectivity index (χ0v) is 15.7. The third-order valence-corrected chi connectivity index (χ3v) is 4.46. The van der Waals surface area contributed by atoms with E-state index in [2.05, 4.69) is 23.5 Å². The minimum absolute atomic E-state index is 0.516. The molecule has 2 aromatic rings. The van der Waals surface area contributed by atoms with Crippen LogP contribution in [0, 0.1) is 0 Å². The second kappa shape index (κ2) is 8.69. The highest BCUT2D eigenvalue weighted by Gasteiger charge is 2.16. The third kappa shape index (κ3) is 4.46. The van der Waals surface area contributed by atoms with Gasteiger partial charge in [0.1, 0.15) is 5.75 Å². The van der Waals surface area contributed by atoms with Gasteiger partial charge < -0.3 is 14.9 Å². The fourth-order valence-electron chi connectivity index (χ4n) is 3.14. The lowest BCUT2D eigenvalue weighted by Crippen LogP contribution is -2.05. The molecule has 27 heavy (non-hydrogen) atoms. The van der Waals surface area contributed by atoms with E-state index in [1.165, 1.54) is 0 Å². The van der Waals surface area contributed by atoms with Crippen molar-refractivity contribution in [3.8, 4) is 5.75 Å². The molecular weight excluding hydrogens is 340 g/mol. The summed E-state index contributed by atoms with van der Waals surface area (Å²) in [6.07, 6.45) is 8.84. The molecule has 0 saturated carbocycles. The van der Waals surface area contributed by atoms with Gasteiger partial charge in [0, 0.05) is 11.3 Å². The molecule has 0 radical (unpaired) electrons. The predicted molar refractivity (Wildman–Crippen MR) is 112 cm³/mol. The number of benzene rings is 1. The van der Waals surface area contributed by atoms with Gasteiger partial charge in [-0.05, 0) is 73.6 Å². The summed E-state index contributed by atoms with van der Waals surface area (Å²) < 4.78 is 19.1. The summed E-state index contributed by atoms with van der Waals surface area (Å²) in [5.74, 6) is 0.516. The van der Waals surface area contributed by atoms with E-state index in [1.807, 2.05) is 44.5 Å². The smallest absolute Gasteiger partial charge is 0.228 e. The molecule has 0 spiro atoms. The number of aliphatic imine (C=N–C) groups is 1. The maximum Gasteiger partial charge on any atom is 0.228 e. The highest BCUT2D eigenvalue weighted by molar-refractivity contribution is 6.11. The number of hydrogen-bond acceptors (Lipinski definition) is 3. The van der Waals surface area contributed by atoms with Gasteiger partial charge in [-0.3, -0.25) is 0 Å². The van der Waals surface area contributed by atoms with Crippen molar-refractivity contribution in [2.45, 2.75) is 13.3 Å². The Hall–Kier alpha value is -2.86. The Labute approximate surface area is 160 Å². The van der Waals surface area contributed by atoms with Gasteiger partial charge in [0.05, 0.1) is 11.4 Å². The summed E-state index contributed by atoms with van der Waals surface area (Å²) in [5.41, 5.74) is 12.2. The predicted octanol–water partition coefficient (Wildman–Crippen LogP) is 3.36. The molecule has 0 saturated heterocycles. The molecule has 2 N–H and O–H groups in total. The monoisotopic (exact) mass is 363 g/mol. The van der Waals surface area contributed by atoms with Crippen LogP contribution in [0.5, 0.6) is 5.75 Å². The van der Waals surface area contributed by atoms with Gasteiger partial charge in [-0.15, -0.1) is 0 Å². The number of nitrogens with two attached hydrogens (primary N) is 1. The van der Waals surface area contributed by atoms with Gasteiger partial charge in [-0.25, -0.2) is 9.38 Å². The van der Waals surface area contributed by atoms with Crippen molar-refractivity contribution in [2.75, 3.05) is 13.4 Å². The van der Waals surface area contributed by atoms with Crippen LogP contribution in [-0.2, 0) is 0 Å². The SMILES string of the molecule is Bn1cccc1/C(CCN)=C1N=C(/C=C/c2ccc(OCF)cc2)C=C\1C. The van der Waals surface area contributed by atoms with Crippen LogP contribution in [-0.4, -0.2) is 31.6 Å². The summed E-state index contributed by atoms with van der Waals surface area (Å²) in [5, 5.41) is 0. The summed E-state index contributed by atoms with van der Waals surface area (Å²) in [7, 11) is 2.03. The summed E-state index contributed by atoms with van der Waals surface area (Å²) in [6, 6.07) is 11.4. The first-order valence-corrected chi connectivity index (χ1v) is 8.91. The van der Waals surface area contributed by atoms with Crippen molar-refractivity contribution in [1.82, 2.24) is 4.48 Å². The van der Waals surface area contributed by atoms with E-state index in [0.29, 0.717) is 12.3 Å². The highest BCUT2D eigenvalue weighted by atomic mass is 19.1. The Kier molecular flexibility index (Phi) is 6.09. The Morgan fingerprint density at radius 3 is 2.67 bits per heavy atom. The van der Waals surface area contributed by atoms with E-state index in [0.717, 1.165) is 40.2 Å². The van der Waals surface area contributed by atoms with Crippen molar-refractivity contribution in [3.05, 3.63) is 77.3 Å². The highest BCUT2D eigenvalue weighted by Crippen LogP contribution is 2.31. The molecule has 2 heterocycles. The van der Waals surface area contributed by atoms with Gasteiger partial charge in [0.15, 0.2) is 0 Å². The van der Waals surface area contributed by atoms with E-state index >= 15 is 0 Å². The number of allylic oxidation sites excluding steroid dienone is 3. The first kappa shape index (κ1) is 18.9. The van der Waals surface area contributed by atoms with Crippen molar-refractivity contribution in [1.29, 1.82) is 0 Å². The minimum atomic E-state index is -0.822. The van der Waals surface area contributed by atoms with E-state index in [1.54, 1.807) is 12.1 Å². The van der Waals surface area contributed by atoms with Crippen molar-refractivity contribution >= 4 is 25.3 Å². The normalized spacial score (nSPS) is 15.8. The number of halogens is 1. The van der Waals surface area contributed by atoms with Crippen LogP contribution in [0.4, 0.5) is 4.39 Å². The van der Waals surface area contributed by atoms with Gasteiger partial charge in [0.2, 0.25) is 14.8 Å². The fraction of sp³-hybridized carbons (Fsp3) is 0.190. The second-order valence-corrected chi connectivity index (χ2v) is 6.39. The van der Waals surface area contributed by atoms with Crippen LogP contribution in [0.15, 0.2) is 71.0 Å². The first-order chi connectivity index (χ1) is 13.1. The lowest BCUT2D eigenvalue weighted by atomic mass is 10.0. The first-order valence-electron chi connectivity index (χ1n) is 8.91. The molecule has 1 aliphatic heterocycles. The molecule has 0 amide bonds. The van der Waals surface area contributed by atoms with E-state index in [9.17, 15) is 4.39 Å². The molecule has 4 nitrogen and oxygen atoms in total. The number of ether oxygens (including phenoxy) is 1. The zero-order valence-electron chi connectivity index (χ0n) is 15.7. The van der Waals surface area contributed by atoms with Crippen LogP contribution in [0.2, 0.25) is 0 Å². The standard InChI is InChI=1S/C21H23BFN3O/c1-15-13-17(7-4-16-5-8-18(9-6-16)27-14-23)25-21(15)19(10-11-24)20-3-2-12-26(20)22/h2-9,12-13H,10-11,14,22,24H2,1H3/b7-4+,21-19-. The molecule has 0 bridgehead atoms. The van der Waals surface area contributed by atoms with Gasteiger partial charge in [-0.1, -0.05) is 18.2 Å². The van der Waals surface area contributed by atoms with E-state index < -0.39 is 6.86 Å². The lowest BCUT2D eigenvalue weighted by Gasteiger charge is -2.11. The molecule has 1 aliphatic rings. The maximum absolute atomic E-state index is 12.2. The van der Waals surface area contributed by atoms with Crippen molar-refractivity contribution in [2.24, 2.45) is 10.7 Å². The quantitative estimate of drug-likeness (QED) is 0.767. The molecule has 0 aliphatic carbocycles. The Bertz CT molecular complexity index is 923. The summed E-state index contributed by atoms with van der Waals surface area (Å²) >= 11 is 0. The van der Waals surface area contributed by atoms with Crippen molar-refractivity contribution in [3.63, 3.8) is 0 Å². The van der Waals surface area contributed by atoms with Gasteiger partial charge in [-0.2, -0.15) is 0 Å². The third-order valence-electron chi connectivity index (χ3n) is 4.46. The lowest BCUT2D eigenvalue weighted by molar-refractivity contribution is 0.192. The number of rotatable bonds is 7. The maximum atomic E-state index is 12.2. The van der Waals surface area contributed by atoms with Crippen LogP contribution >= 0.6 is 0 Å². The number of nitrogens with zero attached hydrogens (tertiary/aromatic N) is 2. The van der Waals surface area contributed by atoms with Crippen LogP contribution in [0.1, 0.15) is 24.6 Å². The van der Waals surface area contributed by atoms with Crippen LogP contribution in [0.25, 0.3) is 11.6 Å². The number of hydrogen-bond donors (Lipinski definition) is 1. The van der Waals surface area contributed by atoms with E-state index in [-0.39, 0.29) is 0 Å². The largest absolute Gasteiger partial charge is 0.463 e.